The number of esters is 1. The van der Waals surface area contributed by atoms with Gasteiger partial charge in [-0.25, -0.2) is 0 Å². The number of rotatable bonds is 6. The minimum atomic E-state index is -2.30. The van der Waals surface area contributed by atoms with Crippen LogP contribution in [0, 0.1) is 0 Å². The van der Waals surface area contributed by atoms with Crippen molar-refractivity contribution in [2.24, 2.45) is 0 Å². The van der Waals surface area contributed by atoms with E-state index in [2.05, 4.69) is 0 Å². The van der Waals surface area contributed by atoms with Crippen molar-refractivity contribution in [3.05, 3.63) is 0 Å². The van der Waals surface area contributed by atoms with E-state index in [1.807, 2.05) is 0 Å². The van der Waals surface area contributed by atoms with E-state index >= 15 is 0 Å². The maximum Gasteiger partial charge on any atom is 0.307 e. The number of aliphatic carboxylic acids is 1. The summed E-state index contributed by atoms with van der Waals surface area (Å²) in [5.74, 6) is -1.67. The van der Waals surface area contributed by atoms with Gasteiger partial charge >= 0.3 is 11.9 Å². The van der Waals surface area contributed by atoms with Crippen molar-refractivity contribution in [2.75, 3.05) is 27.6 Å². The monoisotopic (exact) mass is 256 g/mol. The first-order chi connectivity index (χ1) is 7.99. The Morgan fingerprint density at radius 3 is 2.44 bits per heavy atom. The molecule has 0 aliphatic heterocycles. The zero-order valence-electron chi connectivity index (χ0n) is 12.7. The molecule has 0 aliphatic carbocycles. The zero-order valence-corrected chi connectivity index (χ0v) is 10.5. The fraction of sp³-hybridized carbons (Fsp3) is 0.800. The minimum Gasteiger partial charge on any atom is -1.00 e. The Hall–Kier alpha value is -0.810. The number of quaternary nitrogens is 1. The Balaban J connectivity index is 0. The molecule has 6 heteroatoms. The second-order valence-electron chi connectivity index (χ2n) is 3.93. The molecule has 0 fully saturated rings. The van der Waals surface area contributed by atoms with Gasteiger partial charge in [-0.15, -0.1) is 0 Å². The summed E-state index contributed by atoms with van der Waals surface area (Å²) in [5, 5.41) is 8.73. The van der Waals surface area contributed by atoms with Gasteiger partial charge < -0.3 is 26.7 Å². The summed E-state index contributed by atoms with van der Waals surface area (Å²) in [4.78, 5) is 21.9. The molecule has 0 heterocycles. The van der Waals surface area contributed by atoms with Gasteiger partial charge in [-0.05, 0) is 0 Å². The first-order valence-corrected chi connectivity index (χ1v) is 4.74. The molecule has 0 saturated carbocycles. The van der Waals surface area contributed by atoms with Gasteiger partial charge in [-0.2, -0.15) is 0 Å². The van der Waals surface area contributed by atoms with Crippen LogP contribution in [0.1, 0.15) is 23.9 Å². The smallest absolute Gasteiger partial charge is 0.307 e. The van der Waals surface area contributed by atoms with E-state index in [0.717, 1.165) is 0 Å². The average Bonchev–Trinajstić information content (AvgIpc) is 2.13. The van der Waals surface area contributed by atoms with Crippen molar-refractivity contribution >= 4 is 11.9 Å². The van der Waals surface area contributed by atoms with E-state index in [1.165, 1.54) is 14.1 Å². The fourth-order valence-corrected chi connectivity index (χ4v) is 1.12. The molecule has 0 aliphatic rings. The number of carbonyl (C=O) groups is 2. The second kappa shape index (κ2) is 7.46. The molecule has 0 spiro atoms. The molecule has 0 unspecified atom stereocenters. The van der Waals surface area contributed by atoms with Crippen LogP contribution in [0.3, 0.4) is 0 Å². The van der Waals surface area contributed by atoms with Crippen molar-refractivity contribution in [1.82, 2.24) is 0 Å². The van der Waals surface area contributed by atoms with E-state index < -0.39 is 35.9 Å². The van der Waals surface area contributed by atoms with Gasteiger partial charge in [0.15, 0.2) is 6.10 Å². The lowest BCUT2D eigenvalue weighted by Gasteiger charge is -2.28. The molecule has 0 radical (unpaired) electrons. The van der Waals surface area contributed by atoms with E-state index in [9.17, 15) is 9.59 Å². The molecule has 1 N–H and O–H groups in total. The summed E-state index contributed by atoms with van der Waals surface area (Å²) in [6.07, 6.45) is -1.22. The van der Waals surface area contributed by atoms with Crippen molar-refractivity contribution in [3.8, 4) is 0 Å². The number of halogens is 1. The Kier molecular flexibility index (Phi) is 5.44. The molecular formula is C10H20ClNO4. The van der Waals surface area contributed by atoms with Gasteiger partial charge in [0.1, 0.15) is 6.54 Å². The van der Waals surface area contributed by atoms with E-state index in [0.29, 0.717) is 0 Å². The molecule has 96 valence electrons. The number of carboxylic acids is 1. The predicted molar refractivity (Wildman–Crippen MR) is 55.3 cm³/mol. The number of hydrogen-bond donors (Lipinski definition) is 1. The van der Waals surface area contributed by atoms with Crippen LogP contribution in [0.4, 0.5) is 0 Å². The van der Waals surface area contributed by atoms with Crippen LogP contribution in [-0.4, -0.2) is 55.2 Å². The third-order valence-electron chi connectivity index (χ3n) is 1.65. The molecule has 0 amide bonds. The first kappa shape index (κ1) is 11.7. The van der Waals surface area contributed by atoms with Crippen molar-refractivity contribution in [2.45, 2.75) is 25.9 Å². The van der Waals surface area contributed by atoms with Crippen molar-refractivity contribution in [1.29, 1.82) is 0 Å². The maximum atomic E-state index is 11.2. The Morgan fingerprint density at radius 1 is 1.50 bits per heavy atom. The predicted octanol–water partition coefficient (Wildman–Crippen LogP) is -2.51. The Bertz CT molecular complexity index is 320. The van der Waals surface area contributed by atoms with Gasteiger partial charge in [0.05, 0.1) is 31.6 Å². The normalized spacial score (nSPS) is 16.1. The van der Waals surface area contributed by atoms with Gasteiger partial charge in [-0.1, -0.05) is 6.92 Å². The van der Waals surface area contributed by atoms with Gasteiger partial charge in [0.25, 0.3) is 0 Å². The largest absolute Gasteiger partial charge is 1.00 e. The molecule has 16 heavy (non-hydrogen) atoms. The highest BCUT2D eigenvalue weighted by molar-refractivity contribution is 5.71. The number of carboxylic acid groups (broad SMARTS) is 1. The first-order valence-electron chi connectivity index (χ1n) is 6.24. The van der Waals surface area contributed by atoms with Gasteiger partial charge in [0.2, 0.25) is 0 Å². The summed E-state index contributed by atoms with van der Waals surface area (Å²) in [5.41, 5.74) is 0. The molecule has 0 aromatic heterocycles. The number of likely N-dealkylation sites (N-methyl/N-ethyl adjacent to an activating group) is 1. The molecule has 0 saturated heterocycles. The van der Waals surface area contributed by atoms with Crippen LogP contribution in [0.2, 0.25) is 0 Å². The molecule has 5 nitrogen and oxygen atoms in total. The summed E-state index contributed by atoms with van der Waals surface area (Å²) in [6.45, 7) is -0.784. The molecule has 0 aromatic carbocycles. The maximum absolute atomic E-state index is 11.2. The molecule has 0 rings (SSSR count). The molecular weight excluding hydrogens is 234 g/mol. The minimum absolute atomic E-state index is 0. The lowest BCUT2D eigenvalue weighted by molar-refractivity contribution is -0.873. The highest BCUT2D eigenvalue weighted by Gasteiger charge is 2.23. The fourth-order valence-electron chi connectivity index (χ4n) is 1.12. The second-order valence-corrected chi connectivity index (χ2v) is 3.93. The van der Waals surface area contributed by atoms with Crippen LogP contribution in [0.15, 0.2) is 0 Å². The van der Waals surface area contributed by atoms with E-state index in [1.54, 1.807) is 6.92 Å². The molecule has 1 atom stereocenters. The quantitative estimate of drug-likeness (QED) is 0.421. The standard InChI is InChI=1S/C10H19NO4.ClH/c1-5-10(14)15-8(6-9(12)13)7-11(2,3)4;/h8H,5-7H2,1-4H3;1H/t8-;/m0./s1/i2D3;. The van der Waals surface area contributed by atoms with Gasteiger partial charge in [-0.3, -0.25) is 9.59 Å². The van der Waals surface area contributed by atoms with Crippen LogP contribution < -0.4 is 12.4 Å². The summed E-state index contributed by atoms with van der Waals surface area (Å²) < 4.78 is 26.6. The van der Waals surface area contributed by atoms with Crippen molar-refractivity contribution < 1.29 is 40.4 Å². The Morgan fingerprint density at radius 2 is 2.06 bits per heavy atom. The molecule has 0 aromatic rings. The van der Waals surface area contributed by atoms with Crippen LogP contribution >= 0.6 is 0 Å². The van der Waals surface area contributed by atoms with Crippen LogP contribution in [-0.2, 0) is 14.3 Å². The summed E-state index contributed by atoms with van der Waals surface area (Å²) in [6, 6.07) is 0. The number of carbonyl (C=O) groups excluding carboxylic acids is 1. The number of hydrogen-bond acceptors (Lipinski definition) is 3. The SMILES string of the molecule is [2H]C([2H])([2H])[N+](C)(C)C[C@H](CC(=O)O)OC(=O)CC.[Cl-]. The third-order valence-corrected chi connectivity index (χ3v) is 1.65. The van der Waals surface area contributed by atoms with Crippen LogP contribution in [0.25, 0.3) is 0 Å². The summed E-state index contributed by atoms with van der Waals surface area (Å²) >= 11 is 0. The lowest BCUT2D eigenvalue weighted by atomic mass is 10.2. The van der Waals surface area contributed by atoms with E-state index in [4.69, 9.17) is 14.0 Å². The highest BCUT2D eigenvalue weighted by atomic mass is 35.5. The molecule has 0 bridgehead atoms. The highest BCUT2D eigenvalue weighted by Crippen LogP contribution is 2.06. The number of ether oxygens (including phenoxy) is 1. The summed E-state index contributed by atoms with van der Waals surface area (Å²) in [7, 11) is 2.89. The lowest BCUT2D eigenvalue weighted by Crippen LogP contribution is -3.00. The van der Waals surface area contributed by atoms with Crippen molar-refractivity contribution in [3.63, 3.8) is 0 Å². The van der Waals surface area contributed by atoms with Crippen LogP contribution in [0.5, 0.6) is 0 Å². The average molecular weight is 257 g/mol. The third kappa shape index (κ3) is 9.73. The van der Waals surface area contributed by atoms with Gasteiger partial charge in [0, 0.05) is 6.42 Å². The van der Waals surface area contributed by atoms with E-state index in [-0.39, 0.29) is 25.4 Å². The topological polar surface area (TPSA) is 63.6 Å². The number of nitrogens with zero attached hydrogens (tertiary/aromatic N) is 1. The Labute approximate surface area is 107 Å². The zero-order chi connectivity index (χ0) is 14.6.